The molecule has 0 saturated heterocycles. The predicted molar refractivity (Wildman–Crippen MR) is 109 cm³/mol. The van der Waals surface area contributed by atoms with Crippen LogP contribution in [0, 0.1) is 6.92 Å². The van der Waals surface area contributed by atoms with Gasteiger partial charge in [-0.15, -0.1) is 0 Å². The van der Waals surface area contributed by atoms with E-state index in [4.69, 9.17) is 0 Å². The van der Waals surface area contributed by atoms with Gasteiger partial charge in [0.2, 0.25) is 0 Å². The van der Waals surface area contributed by atoms with E-state index < -0.39 is 16.9 Å². The number of benzene rings is 2. The monoisotopic (exact) mass is 396 g/mol. The lowest BCUT2D eigenvalue weighted by atomic mass is 9.82. The zero-order chi connectivity index (χ0) is 20.6. The lowest BCUT2D eigenvalue weighted by Crippen LogP contribution is -2.24. The smallest absolute Gasteiger partial charge is 0.417 e. The van der Waals surface area contributed by atoms with Crippen molar-refractivity contribution in [1.29, 1.82) is 0 Å². The average molecular weight is 396 g/mol. The zero-order valence-corrected chi connectivity index (χ0v) is 17.8. The van der Waals surface area contributed by atoms with E-state index in [1.54, 1.807) is 12.1 Å². The Morgan fingerprint density at radius 3 is 2.00 bits per heavy atom. The molecule has 0 aliphatic heterocycles. The fourth-order valence-electron chi connectivity index (χ4n) is 3.25. The van der Waals surface area contributed by atoms with Crippen LogP contribution in [-0.4, -0.2) is 5.11 Å². The van der Waals surface area contributed by atoms with Gasteiger partial charge in [-0.05, 0) is 35.7 Å². The average Bonchev–Trinajstić information content (AvgIpc) is 2.55. The van der Waals surface area contributed by atoms with Gasteiger partial charge in [0.25, 0.3) is 0 Å². The second-order valence-corrected chi connectivity index (χ2v) is 10.2. The maximum atomic E-state index is 13.4. The number of halogens is 3. The second-order valence-electron chi connectivity index (χ2n) is 8.31. The first-order chi connectivity index (χ1) is 12.3. The van der Waals surface area contributed by atoms with E-state index in [0.29, 0.717) is 6.42 Å². The van der Waals surface area contributed by atoms with Crippen molar-refractivity contribution in [1.82, 2.24) is 0 Å². The maximum Gasteiger partial charge on any atom is 0.417 e. The van der Waals surface area contributed by atoms with Gasteiger partial charge in [0.15, 0.2) is 0 Å². The molecule has 148 valence electrons. The van der Waals surface area contributed by atoms with Gasteiger partial charge in [0.1, 0.15) is 5.75 Å². The van der Waals surface area contributed by atoms with Crippen LogP contribution in [0.1, 0.15) is 63.3 Å². The number of aromatic hydroxyl groups is 1. The number of aryl methyl sites for hydroxylation is 1. The summed E-state index contributed by atoms with van der Waals surface area (Å²) >= 11 is 0. The molecule has 2 rings (SSSR count). The minimum atomic E-state index is -4.39. The lowest BCUT2D eigenvalue weighted by Gasteiger charge is -2.33. The van der Waals surface area contributed by atoms with E-state index in [9.17, 15) is 18.3 Å². The molecule has 0 bridgehead atoms. The van der Waals surface area contributed by atoms with Gasteiger partial charge >= 0.3 is 6.18 Å². The van der Waals surface area contributed by atoms with Crippen LogP contribution in [-0.2, 0) is 16.7 Å². The molecule has 0 fully saturated rings. The van der Waals surface area contributed by atoms with Crippen LogP contribution in [0.3, 0.4) is 0 Å². The van der Waals surface area contributed by atoms with E-state index >= 15 is 0 Å². The SMILES string of the molecule is CCC(C)(Pc1ccccc1C(F)(F)F)c1cc(C)cc(C(C)(C)C)c1O. The standard InChI is InChI=1S/C22H28F3OP/c1-7-21(6,27-18-11-9-8-10-15(18)22(23,24)25)17-13-14(2)12-16(19(17)26)20(3,4)5/h8-13,26-27H,7H2,1-6H3. The van der Waals surface area contributed by atoms with Crippen LogP contribution in [0.4, 0.5) is 13.2 Å². The zero-order valence-electron chi connectivity index (χ0n) is 16.8. The second kappa shape index (κ2) is 7.47. The van der Waals surface area contributed by atoms with Crippen molar-refractivity contribution in [3.05, 3.63) is 58.7 Å². The molecular weight excluding hydrogens is 368 g/mol. The van der Waals surface area contributed by atoms with Gasteiger partial charge in [-0.2, -0.15) is 13.2 Å². The molecule has 2 atom stereocenters. The van der Waals surface area contributed by atoms with Crippen molar-refractivity contribution < 1.29 is 18.3 Å². The largest absolute Gasteiger partial charge is 0.507 e. The Kier molecular flexibility index (Phi) is 6.02. The van der Waals surface area contributed by atoms with Gasteiger partial charge in [-0.3, -0.25) is 0 Å². The molecule has 0 aliphatic carbocycles. The highest BCUT2D eigenvalue weighted by Gasteiger charge is 2.37. The molecule has 0 heterocycles. The number of hydrogen-bond acceptors (Lipinski definition) is 1. The van der Waals surface area contributed by atoms with E-state index in [1.165, 1.54) is 6.07 Å². The van der Waals surface area contributed by atoms with E-state index in [1.807, 2.05) is 53.7 Å². The van der Waals surface area contributed by atoms with Crippen LogP contribution in [0.25, 0.3) is 0 Å². The summed E-state index contributed by atoms with van der Waals surface area (Å²) in [5, 5.41) is 10.7. The van der Waals surface area contributed by atoms with Crippen LogP contribution in [0.15, 0.2) is 36.4 Å². The minimum absolute atomic E-state index is 0.109. The molecule has 0 amide bonds. The first-order valence-corrected chi connectivity index (χ1v) is 10.1. The van der Waals surface area contributed by atoms with Gasteiger partial charge < -0.3 is 5.11 Å². The van der Waals surface area contributed by atoms with Crippen molar-refractivity contribution in [3.8, 4) is 5.75 Å². The van der Waals surface area contributed by atoms with E-state index in [0.717, 1.165) is 22.8 Å². The summed E-state index contributed by atoms with van der Waals surface area (Å²) in [6, 6.07) is 9.62. The Labute approximate surface area is 161 Å². The summed E-state index contributed by atoms with van der Waals surface area (Å²) in [5.74, 6) is 0.203. The third-order valence-corrected chi connectivity index (χ3v) is 6.89. The number of hydrogen-bond donors (Lipinski definition) is 1. The molecule has 0 aromatic heterocycles. The van der Waals surface area contributed by atoms with Gasteiger partial charge in [0.05, 0.1) is 5.56 Å². The Balaban J connectivity index is 2.62. The Morgan fingerprint density at radius 2 is 1.48 bits per heavy atom. The molecule has 0 saturated carbocycles. The number of alkyl halides is 3. The summed E-state index contributed by atoms with van der Waals surface area (Å²) in [6.07, 6.45) is -3.76. The molecule has 0 spiro atoms. The van der Waals surface area contributed by atoms with Crippen LogP contribution < -0.4 is 5.30 Å². The molecule has 0 aliphatic rings. The van der Waals surface area contributed by atoms with Crippen molar-refractivity contribution in [2.75, 3.05) is 0 Å². The van der Waals surface area contributed by atoms with Crippen LogP contribution in [0.5, 0.6) is 5.75 Å². The molecule has 2 unspecified atom stereocenters. The topological polar surface area (TPSA) is 20.2 Å². The van der Waals surface area contributed by atoms with Crippen LogP contribution in [0.2, 0.25) is 0 Å². The van der Waals surface area contributed by atoms with Gasteiger partial charge in [-0.25, -0.2) is 0 Å². The third-order valence-electron chi connectivity index (χ3n) is 5.01. The van der Waals surface area contributed by atoms with Crippen molar-refractivity contribution >= 4 is 13.9 Å². The summed E-state index contributed by atoms with van der Waals surface area (Å²) < 4.78 is 40.3. The summed E-state index contributed by atoms with van der Waals surface area (Å²) in [7, 11) is -0.109. The molecular formula is C22H28F3OP. The Bertz CT molecular complexity index is 821. The van der Waals surface area contributed by atoms with Crippen molar-refractivity contribution in [2.24, 2.45) is 0 Å². The minimum Gasteiger partial charge on any atom is -0.507 e. The first-order valence-electron chi connectivity index (χ1n) is 9.08. The van der Waals surface area contributed by atoms with Crippen molar-refractivity contribution in [2.45, 2.75) is 64.7 Å². The summed E-state index contributed by atoms with van der Waals surface area (Å²) in [5.41, 5.74) is 1.70. The molecule has 2 aromatic rings. The molecule has 2 aromatic carbocycles. The molecule has 5 heteroatoms. The van der Waals surface area contributed by atoms with Crippen LogP contribution >= 0.6 is 8.58 Å². The fourth-order valence-corrected chi connectivity index (χ4v) is 4.89. The highest BCUT2D eigenvalue weighted by molar-refractivity contribution is 7.48. The quantitative estimate of drug-likeness (QED) is 0.574. The van der Waals surface area contributed by atoms with E-state index in [2.05, 4.69) is 0 Å². The third kappa shape index (κ3) is 4.66. The molecule has 1 N–H and O–H groups in total. The first kappa shape index (κ1) is 21.8. The Morgan fingerprint density at radius 1 is 0.926 bits per heavy atom. The number of rotatable bonds is 4. The summed E-state index contributed by atoms with van der Waals surface area (Å²) in [6.45, 7) is 11.9. The Hall–Kier alpha value is -1.54. The molecule has 27 heavy (non-hydrogen) atoms. The number of phenolic OH excluding ortho intramolecular Hbond substituents is 1. The predicted octanol–water partition coefficient (Wildman–Crippen LogP) is 6.65. The number of phenols is 1. The van der Waals surface area contributed by atoms with Gasteiger partial charge in [0, 0.05) is 10.7 Å². The highest BCUT2D eigenvalue weighted by Crippen LogP contribution is 2.50. The fraction of sp³-hybridized carbons (Fsp3) is 0.455. The van der Waals surface area contributed by atoms with Crippen molar-refractivity contribution in [3.63, 3.8) is 0 Å². The highest BCUT2D eigenvalue weighted by atomic mass is 31.1. The molecule has 0 radical (unpaired) electrons. The summed E-state index contributed by atoms with van der Waals surface area (Å²) in [4.78, 5) is 0. The maximum absolute atomic E-state index is 13.4. The molecule has 1 nitrogen and oxygen atoms in total. The lowest BCUT2D eigenvalue weighted by molar-refractivity contribution is -0.136. The normalized spacial score (nSPS) is 15.3. The van der Waals surface area contributed by atoms with Gasteiger partial charge in [-0.1, -0.05) is 79.1 Å². The van der Waals surface area contributed by atoms with E-state index in [-0.39, 0.29) is 25.0 Å².